The number of benzene rings is 1. The maximum absolute atomic E-state index is 11.7. The Morgan fingerprint density at radius 2 is 2.05 bits per heavy atom. The summed E-state index contributed by atoms with van der Waals surface area (Å²) < 4.78 is 27.6. The largest absolute Gasteiger partial charge is 0.497 e. The van der Waals surface area contributed by atoms with E-state index in [2.05, 4.69) is 5.32 Å². The van der Waals surface area contributed by atoms with Crippen molar-refractivity contribution in [2.45, 2.75) is 18.6 Å². The van der Waals surface area contributed by atoms with Gasteiger partial charge in [-0.2, -0.15) is 0 Å². The zero-order chi connectivity index (χ0) is 15.6. The summed E-state index contributed by atoms with van der Waals surface area (Å²) in [5, 5.41) is 3.09. The van der Waals surface area contributed by atoms with Crippen LogP contribution in [0.25, 0.3) is 0 Å². The molecule has 0 unspecified atom stereocenters. The maximum atomic E-state index is 11.7. The van der Waals surface area contributed by atoms with Gasteiger partial charge >= 0.3 is 0 Å². The molecule has 0 amide bonds. The molecule has 0 spiro atoms. The summed E-state index contributed by atoms with van der Waals surface area (Å²) in [5.41, 5.74) is 6.98. The Morgan fingerprint density at radius 3 is 2.50 bits per heavy atom. The van der Waals surface area contributed by atoms with Gasteiger partial charge in [-0.25, -0.2) is 8.42 Å². The molecule has 0 saturated heterocycles. The lowest BCUT2D eigenvalue weighted by Crippen LogP contribution is -2.38. The molecule has 0 atom stereocenters. The minimum atomic E-state index is -3.18. The van der Waals surface area contributed by atoms with Crippen LogP contribution in [-0.4, -0.2) is 38.1 Å². The lowest BCUT2D eigenvalue weighted by Gasteiger charge is -2.24. The van der Waals surface area contributed by atoms with Crippen molar-refractivity contribution in [3.63, 3.8) is 0 Å². The predicted molar refractivity (Wildman–Crippen MR) is 86.3 cm³/mol. The first-order valence-electron chi connectivity index (χ1n) is 6.00. The summed E-state index contributed by atoms with van der Waals surface area (Å²) in [5.74, 6) is 0.643. The molecule has 0 saturated carbocycles. The smallest absolute Gasteiger partial charge is 0.154 e. The number of sulfone groups is 1. The second-order valence-corrected chi connectivity index (χ2v) is 8.25. The highest BCUT2D eigenvalue weighted by Gasteiger charge is 2.30. The van der Waals surface area contributed by atoms with Gasteiger partial charge < -0.3 is 15.8 Å². The number of nitrogens with one attached hydrogen (secondary N) is 1. The van der Waals surface area contributed by atoms with Gasteiger partial charge in [-0.3, -0.25) is 0 Å². The Kier molecular flexibility index (Phi) is 4.99. The Balaban J connectivity index is 3.05. The molecule has 0 aliphatic carbocycles. The monoisotopic (exact) mass is 316 g/mol. The normalized spacial score (nSPS) is 12.0. The lowest BCUT2D eigenvalue weighted by molar-refractivity contribution is 0.415. The van der Waals surface area contributed by atoms with Crippen molar-refractivity contribution in [2.24, 2.45) is 5.73 Å². The van der Waals surface area contributed by atoms with E-state index < -0.39 is 14.6 Å². The van der Waals surface area contributed by atoms with E-state index in [9.17, 15) is 8.42 Å². The van der Waals surface area contributed by atoms with E-state index in [0.717, 1.165) is 0 Å². The second-order valence-electron chi connectivity index (χ2n) is 5.16. The van der Waals surface area contributed by atoms with E-state index >= 15 is 0 Å². The van der Waals surface area contributed by atoms with Gasteiger partial charge in [-0.05, 0) is 26.0 Å². The van der Waals surface area contributed by atoms with Crippen molar-refractivity contribution in [1.82, 2.24) is 0 Å². The molecular weight excluding hydrogens is 296 g/mol. The highest BCUT2D eigenvalue weighted by atomic mass is 32.2. The molecular formula is C13H20N2O3S2. The van der Waals surface area contributed by atoms with Crippen LogP contribution in [-0.2, 0) is 9.84 Å². The molecule has 3 N–H and O–H groups in total. The molecule has 1 rings (SSSR count). The predicted octanol–water partition coefficient (Wildman–Crippen LogP) is 1.56. The Bertz CT molecular complexity index is 610. The standard InChI is InChI=1S/C13H20N2O3S2/c1-13(2,20(4,16)17)8-15-11-7-9(18-3)5-6-10(11)12(14)19/h5-7,15H,8H2,1-4H3,(H2,14,19). The molecule has 1 aromatic rings. The zero-order valence-electron chi connectivity index (χ0n) is 12.1. The molecule has 5 nitrogen and oxygen atoms in total. The average molecular weight is 316 g/mol. The Hall–Kier alpha value is -1.34. The number of nitrogens with two attached hydrogens (primary N) is 1. The molecule has 0 aliphatic heterocycles. The fraction of sp³-hybridized carbons (Fsp3) is 0.462. The average Bonchev–Trinajstić information content (AvgIpc) is 2.34. The first-order chi connectivity index (χ1) is 9.08. The highest BCUT2D eigenvalue weighted by molar-refractivity contribution is 7.92. The number of ether oxygens (including phenoxy) is 1. The first-order valence-corrected chi connectivity index (χ1v) is 8.30. The number of thiocarbonyl (C=S) groups is 1. The van der Waals surface area contributed by atoms with Crippen molar-refractivity contribution in [1.29, 1.82) is 0 Å². The lowest BCUT2D eigenvalue weighted by atomic mass is 10.1. The van der Waals surface area contributed by atoms with Crippen LogP contribution in [0.5, 0.6) is 5.75 Å². The summed E-state index contributed by atoms with van der Waals surface area (Å²) in [6, 6.07) is 5.24. The van der Waals surface area contributed by atoms with Gasteiger partial charge in [0.15, 0.2) is 9.84 Å². The third-order valence-electron chi connectivity index (χ3n) is 3.20. The minimum Gasteiger partial charge on any atom is -0.497 e. The van der Waals surface area contributed by atoms with E-state index in [1.165, 1.54) is 6.26 Å². The van der Waals surface area contributed by atoms with E-state index in [4.69, 9.17) is 22.7 Å². The summed E-state index contributed by atoms with van der Waals surface area (Å²) in [6.07, 6.45) is 1.22. The van der Waals surface area contributed by atoms with Gasteiger partial charge in [0.25, 0.3) is 0 Å². The fourth-order valence-corrected chi connectivity index (χ4v) is 1.96. The van der Waals surface area contributed by atoms with Crippen molar-refractivity contribution < 1.29 is 13.2 Å². The van der Waals surface area contributed by atoms with Crippen LogP contribution in [0.15, 0.2) is 18.2 Å². The number of methoxy groups -OCH3 is 1. The Morgan fingerprint density at radius 1 is 1.45 bits per heavy atom. The molecule has 0 heterocycles. The van der Waals surface area contributed by atoms with Gasteiger partial charge in [0.1, 0.15) is 10.7 Å². The topological polar surface area (TPSA) is 81.4 Å². The third kappa shape index (κ3) is 3.83. The van der Waals surface area contributed by atoms with E-state index in [-0.39, 0.29) is 11.5 Å². The number of rotatable bonds is 6. The number of hydrogen-bond acceptors (Lipinski definition) is 5. The molecule has 1 aromatic carbocycles. The molecule has 0 fully saturated rings. The zero-order valence-corrected chi connectivity index (χ0v) is 13.7. The van der Waals surface area contributed by atoms with Crippen molar-refractivity contribution in [3.8, 4) is 5.75 Å². The first kappa shape index (κ1) is 16.7. The van der Waals surface area contributed by atoms with E-state index in [1.807, 2.05) is 0 Å². The molecule has 0 aromatic heterocycles. The maximum Gasteiger partial charge on any atom is 0.154 e. The van der Waals surface area contributed by atoms with Crippen molar-refractivity contribution >= 4 is 32.7 Å². The summed E-state index contributed by atoms with van der Waals surface area (Å²) in [7, 11) is -1.62. The molecule has 112 valence electrons. The van der Waals surface area contributed by atoms with E-state index in [1.54, 1.807) is 39.2 Å². The molecule has 0 radical (unpaired) electrons. The molecule has 7 heteroatoms. The SMILES string of the molecule is COc1ccc(C(N)=S)c(NCC(C)(C)S(C)(=O)=O)c1. The highest BCUT2D eigenvalue weighted by Crippen LogP contribution is 2.24. The number of hydrogen-bond donors (Lipinski definition) is 2. The van der Waals surface area contributed by atoms with Gasteiger partial charge in [-0.1, -0.05) is 12.2 Å². The molecule has 20 heavy (non-hydrogen) atoms. The van der Waals surface area contributed by atoms with Crippen LogP contribution >= 0.6 is 12.2 Å². The van der Waals surface area contributed by atoms with Crippen LogP contribution in [0, 0.1) is 0 Å². The van der Waals surface area contributed by atoms with Gasteiger partial charge in [-0.15, -0.1) is 0 Å². The Labute approximate surface area is 125 Å². The summed E-state index contributed by atoms with van der Waals surface area (Å²) >= 11 is 4.99. The molecule has 0 aliphatic rings. The van der Waals surface area contributed by atoms with Crippen LogP contribution in [0.4, 0.5) is 5.69 Å². The summed E-state index contributed by atoms with van der Waals surface area (Å²) in [4.78, 5) is 0.243. The van der Waals surface area contributed by atoms with Crippen LogP contribution in [0.2, 0.25) is 0 Å². The summed E-state index contributed by atoms with van der Waals surface area (Å²) in [6.45, 7) is 3.57. The minimum absolute atomic E-state index is 0.243. The number of anilines is 1. The fourth-order valence-electron chi connectivity index (χ4n) is 1.45. The molecule has 0 bridgehead atoms. The third-order valence-corrected chi connectivity index (χ3v) is 5.57. The van der Waals surface area contributed by atoms with Crippen molar-refractivity contribution in [3.05, 3.63) is 23.8 Å². The van der Waals surface area contributed by atoms with Gasteiger partial charge in [0.05, 0.1) is 11.9 Å². The quantitative estimate of drug-likeness (QED) is 0.775. The van der Waals surface area contributed by atoms with Crippen LogP contribution < -0.4 is 15.8 Å². The van der Waals surface area contributed by atoms with Crippen LogP contribution in [0.3, 0.4) is 0 Å². The van der Waals surface area contributed by atoms with Gasteiger partial charge in [0, 0.05) is 30.1 Å². The van der Waals surface area contributed by atoms with Crippen molar-refractivity contribution in [2.75, 3.05) is 25.2 Å². The van der Waals surface area contributed by atoms with Gasteiger partial charge in [0.2, 0.25) is 0 Å². The van der Waals surface area contributed by atoms with E-state index in [0.29, 0.717) is 17.0 Å². The van der Waals surface area contributed by atoms with Crippen LogP contribution in [0.1, 0.15) is 19.4 Å². The second kappa shape index (κ2) is 5.97.